The van der Waals surface area contributed by atoms with Gasteiger partial charge in [0.2, 0.25) is 11.8 Å². The summed E-state index contributed by atoms with van der Waals surface area (Å²) in [6, 6.07) is -0.410. The zero-order chi connectivity index (χ0) is 17.3. The Morgan fingerprint density at radius 2 is 1.96 bits per heavy atom. The van der Waals surface area contributed by atoms with Gasteiger partial charge in [0.1, 0.15) is 12.6 Å². The van der Waals surface area contributed by atoms with Crippen molar-refractivity contribution in [3.63, 3.8) is 0 Å². The molecule has 2 aromatic heterocycles. The second-order valence-corrected chi connectivity index (χ2v) is 7.37. The van der Waals surface area contributed by atoms with Crippen molar-refractivity contribution >= 4 is 12.0 Å². The Bertz CT molecular complexity index is 675. The standard InChI is InChI=1S/C15H24N6O2/c1-14(2,3)10-8-23-11(18-10)7-16-13(22)19-12-17-9-21(20-12)15(4,5)6/h8-9H,7H2,1-6H3,(H2,16,19,20,22). The van der Waals surface area contributed by atoms with E-state index in [4.69, 9.17) is 4.42 Å². The molecule has 126 valence electrons. The van der Waals surface area contributed by atoms with Gasteiger partial charge in [-0.25, -0.2) is 19.4 Å². The summed E-state index contributed by atoms with van der Waals surface area (Å²) in [6.07, 6.45) is 3.20. The summed E-state index contributed by atoms with van der Waals surface area (Å²) in [5, 5.41) is 9.45. The summed E-state index contributed by atoms with van der Waals surface area (Å²) < 4.78 is 7.04. The van der Waals surface area contributed by atoms with Crippen LogP contribution in [0.25, 0.3) is 0 Å². The van der Waals surface area contributed by atoms with Crippen molar-refractivity contribution in [2.75, 3.05) is 5.32 Å². The van der Waals surface area contributed by atoms with Crippen LogP contribution >= 0.6 is 0 Å². The minimum atomic E-state index is -0.410. The molecular formula is C15H24N6O2. The number of amides is 2. The molecule has 0 fully saturated rings. The first kappa shape index (κ1) is 17.0. The fourth-order valence-electron chi connectivity index (χ4n) is 1.68. The number of hydrogen-bond acceptors (Lipinski definition) is 5. The largest absolute Gasteiger partial charge is 0.447 e. The van der Waals surface area contributed by atoms with Crippen LogP contribution in [0, 0.1) is 0 Å². The van der Waals surface area contributed by atoms with Gasteiger partial charge < -0.3 is 9.73 Å². The van der Waals surface area contributed by atoms with Crippen LogP contribution in [0.4, 0.5) is 10.7 Å². The van der Waals surface area contributed by atoms with Crippen LogP contribution < -0.4 is 10.6 Å². The fourth-order valence-corrected chi connectivity index (χ4v) is 1.68. The highest BCUT2D eigenvalue weighted by atomic mass is 16.3. The van der Waals surface area contributed by atoms with Crippen molar-refractivity contribution < 1.29 is 9.21 Å². The molecule has 2 amide bonds. The number of anilines is 1. The first-order valence-electron chi connectivity index (χ1n) is 7.47. The zero-order valence-electron chi connectivity index (χ0n) is 14.5. The average Bonchev–Trinajstić information content (AvgIpc) is 3.03. The average molecular weight is 320 g/mol. The lowest BCUT2D eigenvalue weighted by Gasteiger charge is -2.17. The van der Waals surface area contributed by atoms with Gasteiger partial charge in [-0.2, -0.15) is 0 Å². The number of urea groups is 1. The highest BCUT2D eigenvalue weighted by molar-refractivity contribution is 5.87. The van der Waals surface area contributed by atoms with Gasteiger partial charge in [0, 0.05) is 5.41 Å². The van der Waals surface area contributed by atoms with Crippen LogP contribution in [0.15, 0.2) is 17.0 Å². The van der Waals surface area contributed by atoms with Crippen LogP contribution in [-0.4, -0.2) is 25.8 Å². The molecule has 0 atom stereocenters. The first-order chi connectivity index (χ1) is 10.6. The number of rotatable bonds is 3. The lowest BCUT2D eigenvalue weighted by molar-refractivity contribution is 0.250. The molecule has 0 aliphatic carbocycles. The van der Waals surface area contributed by atoms with E-state index in [9.17, 15) is 4.79 Å². The van der Waals surface area contributed by atoms with Gasteiger partial charge >= 0.3 is 6.03 Å². The van der Waals surface area contributed by atoms with Crippen molar-refractivity contribution in [1.82, 2.24) is 25.1 Å². The molecule has 0 spiro atoms. The number of nitrogens with one attached hydrogen (secondary N) is 2. The monoisotopic (exact) mass is 320 g/mol. The summed E-state index contributed by atoms with van der Waals surface area (Å²) in [6.45, 7) is 12.3. The maximum Gasteiger partial charge on any atom is 0.322 e. The molecule has 0 saturated heterocycles. The molecular weight excluding hydrogens is 296 g/mol. The van der Waals surface area contributed by atoms with Gasteiger partial charge in [-0.05, 0) is 20.8 Å². The third kappa shape index (κ3) is 4.54. The second kappa shape index (κ2) is 6.02. The Hall–Kier alpha value is -2.38. The molecule has 2 heterocycles. The maximum atomic E-state index is 11.9. The van der Waals surface area contributed by atoms with E-state index in [1.807, 2.05) is 41.5 Å². The van der Waals surface area contributed by atoms with E-state index >= 15 is 0 Å². The van der Waals surface area contributed by atoms with Crippen molar-refractivity contribution in [2.45, 2.75) is 59.0 Å². The smallest absolute Gasteiger partial charge is 0.322 e. The van der Waals surface area contributed by atoms with E-state index in [1.54, 1.807) is 17.3 Å². The molecule has 2 N–H and O–H groups in total. The van der Waals surface area contributed by atoms with E-state index < -0.39 is 6.03 Å². The Morgan fingerprint density at radius 3 is 2.48 bits per heavy atom. The molecule has 2 aromatic rings. The predicted octanol–water partition coefficient (Wildman–Crippen LogP) is 2.64. The summed E-state index contributed by atoms with van der Waals surface area (Å²) in [4.78, 5) is 20.3. The molecule has 0 saturated carbocycles. The first-order valence-corrected chi connectivity index (χ1v) is 7.47. The van der Waals surface area contributed by atoms with E-state index in [2.05, 4.69) is 25.7 Å². The molecule has 8 heteroatoms. The van der Waals surface area contributed by atoms with Gasteiger partial charge in [-0.15, -0.1) is 5.10 Å². The van der Waals surface area contributed by atoms with Gasteiger partial charge in [-0.3, -0.25) is 5.32 Å². The third-order valence-corrected chi connectivity index (χ3v) is 3.12. The molecule has 2 rings (SSSR count). The molecule has 0 radical (unpaired) electrons. The normalized spacial score (nSPS) is 12.3. The fraction of sp³-hybridized carbons (Fsp3) is 0.600. The number of carbonyl (C=O) groups excluding carboxylic acids is 1. The Morgan fingerprint density at radius 1 is 1.26 bits per heavy atom. The van der Waals surface area contributed by atoms with Gasteiger partial charge in [0.05, 0.1) is 17.8 Å². The highest BCUT2D eigenvalue weighted by Gasteiger charge is 2.19. The molecule has 0 aliphatic rings. The number of aromatic nitrogens is 4. The summed E-state index contributed by atoms with van der Waals surface area (Å²) >= 11 is 0. The van der Waals surface area contributed by atoms with Gasteiger partial charge in [-0.1, -0.05) is 20.8 Å². The van der Waals surface area contributed by atoms with Gasteiger partial charge in [0.25, 0.3) is 0 Å². The van der Waals surface area contributed by atoms with Crippen molar-refractivity contribution in [3.05, 3.63) is 24.2 Å². The van der Waals surface area contributed by atoms with E-state index in [0.717, 1.165) is 5.69 Å². The number of oxazole rings is 1. The summed E-state index contributed by atoms with van der Waals surface area (Å²) in [5.41, 5.74) is 0.568. The summed E-state index contributed by atoms with van der Waals surface area (Å²) in [7, 11) is 0. The molecule has 0 unspecified atom stereocenters. The zero-order valence-corrected chi connectivity index (χ0v) is 14.5. The van der Waals surface area contributed by atoms with Crippen molar-refractivity contribution in [1.29, 1.82) is 0 Å². The quantitative estimate of drug-likeness (QED) is 0.906. The van der Waals surface area contributed by atoms with Gasteiger partial charge in [0.15, 0.2) is 0 Å². The number of hydrogen-bond donors (Lipinski definition) is 2. The molecule has 8 nitrogen and oxygen atoms in total. The SMILES string of the molecule is CC(C)(C)c1coc(CNC(=O)Nc2ncn(C(C)(C)C)n2)n1. The lowest BCUT2D eigenvalue weighted by atomic mass is 9.93. The lowest BCUT2D eigenvalue weighted by Crippen LogP contribution is -2.29. The Kier molecular flexibility index (Phi) is 4.44. The number of carbonyl (C=O) groups is 1. The second-order valence-electron chi connectivity index (χ2n) is 7.37. The van der Waals surface area contributed by atoms with Crippen LogP contribution in [0.5, 0.6) is 0 Å². The Balaban J connectivity index is 1.88. The third-order valence-electron chi connectivity index (χ3n) is 3.12. The van der Waals surface area contributed by atoms with E-state index in [0.29, 0.717) is 5.89 Å². The minimum absolute atomic E-state index is 0.0896. The maximum absolute atomic E-state index is 11.9. The molecule has 0 aliphatic heterocycles. The van der Waals surface area contributed by atoms with Crippen molar-refractivity contribution in [3.8, 4) is 0 Å². The van der Waals surface area contributed by atoms with Crippen LogP contribution in [0.2, 0.25) is 0 Å². The minimum Gasteiger partial charge on any atom is -0.447 e. The Labute approximate surface area is 135 Å². The van der Waals surface area contributed by atoms with Crippen molar-refractivity contribution in [2.24, 2.45) is 0 Å². The van der Waals surface area contributed by atoms with E-state index in [-0.39, 0.29) is 23.4 Å². The highest BCUT2D eigenvalue weighted by Crippen LogP contribution is 2.20. The van der Waals surface area contributed by atoms with Crippen LogP contribution in [0.3, 0.4) is 0 Å². The topological polar surface area (TPSA) is 97.9 Å². The molecule has 0 bridgehead atoms. The predicted molar refractivity (Wildman–Crippen MR) is 86.1 cm³/mol. The summed E-state index contributed by atoms with van der Waals surface area (Å²) in [5.74, 6) is 0.707. The molecule has 23 heavy (non-hydrogen) atoms. The van der Waals surface area contributed by atoms with Crippen LogP contribution in [0.1, 0.15) is 53.1 Å². The number of nitrogens with zero attached hydrogens (tertiary/aromatic N) is 4. The van der Waals surface area contributed by atoms with E-state index in [1.165, 1.54) is 0 Å². The van der Waals surface area contributed by atoms with Crippen LogP contribution in [-0.2, 0) is 17.5 Å². The molecule has 0 aromatic carbocycles.